The lowest BCUT2D eigenvalue weighted by molar-refractivity contribution is -0.140. The van der Waals surface area contributed by atoms with Gasteiger partial charge in [-0.3, -0.25) is 4.79 Å². The van der Waals surface area contributed by atoms with Crippen LogP contribution in [0.4, 0.5) is 0 Å². The van der Waals surface area contributed by atoms with E-state index in [1.54, 1.807) is 0 Å². The Morgan fingerprint density at radius 3 is 1.55 bits per heavy atom. The number of unbranched alkanes of at least 4 members (excludes halogenated alkanes) is 10. The summed E-state index contributed by atoms with van der Waals surface area (Å²) >= 11 is 0. The van der Waals surface area contributed by atoms with Crippen molar-refractivity contribution in [2.45, 2.75) is 110 Å². The molecule has 0 N–H and O–H groups in total. The Kier molecular flexibility index (Phi) is 16.4. The molecule has 0 aliphatic rings. The summed E-state index contributed by atoms with van der Waals surface area (Å²) in [6.07, 6.45) is 19.4. The largest absolute Gasteiger partial charge is 0.469 e. The normalized spacial score (nSPS) is 11.1. The van der Waals surface area contributed by atoms with E-state index in [1.807, 2.05) is 0 Å². The molecular weight excluding hydrogens is 272 g/mol. The van der Waals surface area contributed by atoms with Crippen molar-refractivity contribution in [3.8, 4) is 0 Å². The van der Waals surface area contributed by atoms with Crippen molar-refractivity contribution in [2.75, 3.05) is 7.11 Å². The van der Waals surface area contributed by atoms with E-state index in [0.29, 0.717) is 6.42 Å². The molecule has 0 heterocycles. The lowest BCUT2D eigenvalue weighted by Crippen LogP contribution is -1.99. The summed E-state index contributed by atoms with van der Waals surface area (Å²) in [5.74, 6) is 0.906. The smallest absolute Gasteiger partial charge is 0.305 e. The SMILES string of the molecule is CCC(CC)CCCCCCCCCCCCCC(=O)OC. The minimum atomic E-state index is -0.0656. The summed E-state index contributed by atoms with van der Waals surface area (Å²) in [6.45, 7) is 4.65. The van der Waals surface area contributed by atoms with Gasteiger partial charge in [0.25, 0.3) is 0 Å². The highest BCUT2D eigenvalue weighted by atomic mass is 16.5. The molecule has 22 heavy (non-hydrogen) atoms. The maximum absolute atomic E-state index is 10.9. The fraction of sp³-hybridized carbons (Fsp3) is 0.950. The number of rotatable bonds is 16. The Bertz CT molecular complexity index is 234. The van der Waals surface area contributed by atoms with Gasteiger partial charge in [0.1, 0.15) is 0 Å². The van der Waals surface area contributed by atoms with Crippen LogP contribution in [0.5, 0.6) is 0 Å². The molecule has 0 amide bonds. The average Bonchev–Trinajstić information content (AvgIpc) is 2.55. The molecule has 0 aliphatic heterocycles. The average molecular weight is 313 g/mol. The number of hydrogen-bond donors (Lipinski definition) is 0. The maximum atomic E-state index is 10.9. The highest BCUT2D eigenvalue weighted by Crippen LogP contribution is 2.18. The van der Waals surface area contributed by atoms with Gasteiger partial charge in [0.15, 0.2) is 0 Å². The molecule has 0 rings (SSSR count). The second-order valence-electron chi connectivity index (χ2n) is 6.69. The second-order valence-corrected chi connectivity index (χ2v) is 6.69. The highest BCUT2D eigenvalue weighted by Gasteiger charge is 2.02. The second kappa shape index (κ2) is 16.8. The Morgan fingerprint density at radius 1 is 0.727 bits per heavy atom. The Hall–Kier alpha value is -0.530. The molecule has 132 valence electrons. The van der Waals surface area contributed by atoms with Crippen LogP contribution in [-0.4, -0.2) is 13.1 Å². The third-order valence-corrected chi connectivity index (χ3v) is 4.88. The fourth-order valence-corrected chi connectivity index (χ4v) is 3.09. The van der Waals surface area contributed by atoms with Gasteiger partial charge < -0.3 is 4.74 Å². The topological polar surface area (TPSA) is 26.3 Å². The molecule has 0 saturated carbocycles. The van der Waals surface area contributed by atoms with E-state index >= 15 is 0 Å². The van der Waals surface area contributed by atoms with Crippen molar-refractivity contribution in [3.05, 3.63) is 0 Å². The van der Waals surface area contributed by atoms with Gasteiger partial charge in [-0.25, -0.2) is 0 Å². The number of hydrogen-bond acceptors (Lipinski definition) is 2. The van der Waals surface area contributed by atoms with Gasteiger partial charge in [-0.1, -0.05) is 97.3 Å². The third-order valence-electron chi connectivity index (χ3n) is 4.88. The number of carbonyl (C=O) groups is 1. The summed E-state index contributed by atoms with van der Waals surface area (Å²) in [5, 5.41) is 0. The van der Waals surface area contributed by atoms with E-state index in [9.17, 15) is 4.79 Å². The molecule has 0 aliphatic carbocycles. The van der Waals surface area contributed by atoms with Crippen LogP contribution in [0.2, 0.25) is 0 Å². The number of esters is 1. The first kappa shape index (κ1) is 21.5. The molecule has 2 nitrogen and oxygen atoms in total. The highest BCUT2D eigenvalue weighted by molar-refractivity contribution is 5.68. The molecule has 0 aromatic rings. The van der Waals surface area contributed by atoms with Crippen LogP contribution >= 0.6 is 0 Å². The van der Waals surface area contributed by atoms with Gasteiger partial charge in [-0.15, -0.1) is 0 Å². The summed E-state index contributed by atoms with van der Waals surface area (Å²) < 4.78 is 4.64. The van der Waals surface area contributed by atoms with Crippen molar-refractivity contribution >= 4 is 5.97 Å². The molecule has 0 radical (unpaired) electrons. The van der Waals surface area contributed by atoms with E-state index in [4.69, 9.17) is 0 Å². The van der Waals surface area contributed by atoms with Gasteiger partial charge in [0.05, 0.1) is 7.11 Å². The van der Waals surface area contributed by atoms with E-state index in [-0.39, 0.29) is 5.97 Å². The van der Waals surface area contributed by atoms with Gasteiger partial charge in [0, 0.05) is 6.42 Å². The molecule has 0 atom stereocenters. The first-order valence-electron chi connectivity index (χ1n) is 9.81. The van der Waals surface area contributed by atoms with Crippen LogP contribution in [0.1, 0.15) is 110 Å². The van der Waals surface area contributed by atoms with E-state index in [2.05, 4.69) is 18.6 Å². The van der Waals surface area contributed by atoms with E-state index in [1.165, 1.54) is 90.6 Å². The monoisotopic (exact) mass is 312 g/mol. The quantitative estimate of drug-likeness (QED) is 0.235. The molecule has 0 aromatic carbocycles. The number of carbonyl (C=O) groups excluding carboxylic acids is 1. The molecule has 0 bridgehead atoms. The summed E-state index contributed by atoms with van der Waals surface area (Å²) in [5.41, 5.74) is 0. The molecule has 0 fully saturated rings. The van der Waals surface area contributed by atoms with Crippen LogP contribution in [0.3, 0.4) is 0 Å². The minimum Gasteiger partial charge on any atom is -0.469 e. The van der Waals surface area contributed by atoms with Crippen molar-refractivity contribution < 1.29 is 9.53 Å². The van der Waals surface area contributed by atoms with Crippen LogP contribution in [-0.2, 0) is 9.53 Å². The molecule has 0 unspecified atom stereocenters. The van der Waals surface area contributed by atoms with Gasteiger partial charge in [-0.2, -0.15) is 0 Å². The van der Waals surface area contributed by atoms with Crippen LogP contribution < -0.4 is 0 Å². The van der Waals surface area contributed by atoms with Gasteiger partial charge in [-0.05, 0) is 12.3 Å². The molecule has 2 heteroatoms. The lowest BCUT2D eigenvalue weighted by atomic mass is 9.95. The first-order chi connectivity index (χ1) is 10.7. The van der Waals surface area contributed by atoms with Crippen LogP contribution in [0, 0.1) is 5.92 Å². The molecule has 0 saturated heterocycles. The van der Waals surface area contributed by atoms with Crippen molar-refractivity contribution in [2.24, 2.45) is 5.92 Å². The van der Waals surface area contributed by atoms with E-state index in [0.717, 1.165) is 12.3 Å². The summed E-state index contributed by atoms with van der Waals surface area (Å²) in [6, 6.07) is 0. The van der Waals surface area contributed by atoms with Gasteiger partial charge in [0.2, 0.25) is 0 Å². The molecule has 0 aromatic heterocycles. The van der Waals surface area contributed by atoms with Crippen LogP contribution in [0.25, 0.3) is 0 Å². The maximum Gasteiger partial charge on any atom is 0.305 e. The Labute approximate surface area is 139 Å². The lowest BCUT2D eigenvalue weighted by Gasteiger charge is -2.11. The van der Waals surface area contributed by atoms with Gasteiger partial charge >= 0.3 is 5.97 Å². The Balaban J connectivity index is 3.10. The first-order valence-corrected chi connectivity index (χ1v) is 9.81. The van der Waals surface area contributed by atoms with Crippen molar-refractivity contribution in [3.63, 3.8) is 0 Å². The van der Waals surface area contributed by atoms with Crippen molar-refractivity contribution in [1.82, 2.24) is 0 Å². The zero-order valence-electron chi connectivity index (χ0n) is 15.5. The minimum absolute atomic E-state index is 0.0656. The summed E-state index contributed by atoms with van der Waals surface area (Å²) in [7, 11) is 1.47. The molecular formula is C20H40O2. The van der Waals surface area contributed by atoms with E-state index < -0.39 is 0 Å². The fourth-order valence-electron chi connectivity index (χ4n) is 3.09. The Morgan fingerprint density at radius 2 is 1.14 bits per heavy atom. The predicted octanol–water partition coefficient (Wildman–Crippen LogP) is 6.67. The third kappa shape index (κ3) is 14.4. The van der Waals surface area contributed by atoms with Crippen LogP contribution in [0.15, 0.2) is 0 Å². The summed E-state index contributed by atoms with van der Waals surface area (Å²) in [4.78, 5) is 10.9. The van der Waals surface area contributed by atoms with Crippen molar-refractivity contribution in [1.29, 1.82) is 0 Å². The number of methoxy groups -OCH3 is 1. The predicted molar refractivity (Wildman–Crippen MR) is 96.1 cm³/mol. The zero-order chi connectivity index (χ0) is 16.5. The number of ether oxygens (including phenoxy) is 1. The zero-order valence-corrected chi connectivity index (χ0v) is 15.5. The standard InChI is InChI=1S/C20H40O2/c1-4-19(5-2)17-15-13-11-9-7-6-8-10-12-14-16-18-20(21)22-3/h19H,4-18H2,1-3H3. The molecule has 0 spiro atoms.